The summed E-state index contributed by atoms with van der Waals surface area (Å²) in [5.41, 5.74) is 3.18. The SMILES string of the molecule is CCOc1c2ccccc2nc2c3n(cc12)C[C@@H]1[C@@H](CC(=O)O[C@H]1C)C3. The Morgan fingerprint density at radius 3 is 2.96 bits per heavy atom. The van der Waals surface area contributed by atoms with E-state index in [4.69, 9.17) is 14.5 Å². The van der Waals surface area contributed by atoms with Crippen LogP contribution < -0.4 is 4.74 Å². The molecule has 1 saturated heterocycles. The summed E-state index contributed by atoms with van der Waals surface area (Å²) in [6.45, 7) is 5.51. The second kappa shape index (κ2) is 5.73. The van der Waals surface area contributed by atoms with E-state index in [1.54, 1.807) is 0 Å². The Kier molecular flexibility index (Phi) is 3.45. The predicted molar refractivity (Wildman–Crippen MR) is 99.3 cm³/mol. The van der Waals surface area contributed by atoms with Crippen LogP contribution in [-0.2, 0) is 22.5 Å². The van der Waals surface area contributed by atoms with E-state index < -0.39 is 0 Å². The summed E-state index contributed by atoms with van der Waals surface area (Å²) in [7, 11) is 0. The lowest BCUT2D eigenvalue weighted by Crippen LogP contribution is -2.43. The van der Waals surface area contributed by atoms with E-state index >= 15 is 0 Å². The molecule has 0 N–H and O–H groups in total. The number of cyclic esters (lactones) is 1. The zero-order valence-electron chi connectivity index (χ0n) is 15.1. The van der Waals surface area contributed by atoms with Gasteiger partial charge in [0.05, 0.1) is 23.0 Å². The number of pyridine rings is 1. The highest BCUT2D eigenvalue weighted by Crippen LogP contribution is 2.42. The maximum atomic E-state index is 11.9. The molecule has 26 heavy (non-hydrogen) atoms. The number of fused-ring (bicyclic) bond motifs is 5. The van der Waals surface area contributed by atoms with Crippen molar-refractivity contribution < 1.29 is 14.3 Å². The fourth-order valence-electron chi connectivity index (χ4n) is 4.67. The molecule has 0 saturated carbocycles. The van der Waals surface area contributed by atoms with E-state index in [0.717, 1.165) is 40.5 Å². The third-order valence-corrected chi connectivity index (χ3v) is 5.89. The monoisotopic (exact) mass is 350 g/mol. The molecule has 3 atom stereocenters. The Morgan fingerprint density at radius 1 is 1.27 bits per heavy atom. The third-order valence-electron chi connectivity index (χ3n) is 5.89. The lowest BCUT2D eigenvalue weighted by molar-refractivity contribution is -0.162. The van der Waals surface area contributed by atoms with Crippen molar-refractivity contribution in [3.8, 4) is 5.75 Å². The highest BCUT2D eigenvalue weighted by atomic mass is 16.5. The standard InChI is InChI=1S/C21H22N2O3/c1-3-25-21-14-6-4-5-7-17(14)22-20-16(21)11-23-10-15-12(2)26-19(24)9-13(15)8-18(20)23/h4-7,11-13,15H,3,8-10H2,1-2H3/t12-,13+,15-/m0/s1. The molecule has 1 fully saturated rings. The molecule has 3 aromatic rings. The van der Waals surface area contributed by atoms with Gasteiger partial charge >= 0.3 is 5.97 Å². The second-order valence-electron chi connectivity index (χ2n) is 7.41. The van der Waals surface area contributed by atoms with Crippen LogP contribution in [0.1, 0.15) is 26.0 Å². The maximum Gasteiger partial charge on any atom is 0.306 e. The number of hydrogen-bond donors (Lipinski definition) is 0. The number of esters is 1. The summed E-state index contributed by atoms with van der Waals surface area (Å²) >= 11 is 0. The molecule has 5 rings (SSSR count). The Bertz CT molecular complexity index is 1020. The molecule has 134 valence electrons. The van der Waals surface area contributed by atoms with Crippen molar-refractivity contribution >= 4 is 27.8 Å². The van der Waals surface area contributed by atoms with Gasteiger partial charge in [-0.1, -0.05) is 12.1 Å². The van der Waals surface area contributed by atoms with E-state index in [9.17, 15) is 4.79 Å². The molecule has 0 radical (unpaired) electrons. The first-order valence-corrected chi connectivity index (χ1v) is 9.38. The van der Waals surface area contributed by atoms with E-state index in [0.29, 0.717) is 24.9 Å². The van der Waals surface area contributed by atoms with Crippen LogP contribution in [0.25, 0.3) is 21.8 Å². The highest BCUT2D eigenvalue weighted by molar-refractivity contribution is 6.02. The predicted octanol–water partition coefficient (Wildman–Crippen LogP) is 3.71. The quantitative estimate of drug-likeness (QED) is 0.661. The number of hydrogen-bond acceptors (Lipinski definition) is 4. The lowest BCUT2D eigenvalue weighted by Gasteiger charge is -2.39. The van der Waals surface area contributed by atoms with Crippen molar-refractivity contribution in [2.24, 2.45) is 11.8 Å². The Balaban J connectivity index is 1.71. The fourth-order valence-corrected chi connectivity index (χ4v) is 4.67. The summed E-state index contributed by atoms with van der Waals surface area (Å²) in [5, 5.41) is 2.12. The van der Waals surface area contributed by atoms with E-state index in [1.165, 1.54) is 5.69 Å². The van der Waals surface area contributed by atoms with Crippen LogP contribution in [0.2, 0.25) is 0 Å². The first-order chi connectivity index (χ1) is 12.7. The molecule has 0 bridgehead atoms. The molecule has 2 aliphatic heterocycles. The van der Waals surface area contributed by atoms with Crippen LogP contribution in [0.5, 0.6) is 5.75 Å². The second-order valence-corrected chi connectivity index (χ2v) is 7.41. The minimum absolute atomic E-state index is 0.0293. The number of ether oxygens (including phenoxy) is 2. The van der Waals surface area contributed by atoms with Gasteiger partial charge in [0, 0.05) is 36.2 Å². The number of para-hydroxylation sites is 1. The van der Waals surface area contributed by atoms with Gasteiger partial charge in [0.2, 0.25) is 0 Å². The molecule has 0 aliphatic carbocycles. The largest absolute Gasteiger partial charge is 0.492 e. The van der Waals surface area contributed by atoms with Gasteiger partial charge in [-0.25, -0.2) is 4.98 Å². The maximum absolute atomic E-state index is 11.9. The average molecular weight is 350 g/mol. The van der Waals surface area contributed by atoms with E-state index in [-0.39, 0.29) is 12.1 Å². The summed E-state index contributed by atoms with van der Waals surface area (Å²) in [6, 6.07) is 8.13. The van der Waals surface area contributed by atoms with Gasteiger partial charge in [0.25, 0.3) is 0 Å². The van der Waals surface area contributed by atoms with Crippen molar-refractivity contribution in [1.82, 2.24) is 9.55 Å². The molecule has 5 nitrogen and oxygen atoms in total. The summed E-state index contributed by atoms with van der Waals surface area (Å²) in [4.78, 5) is 16.8. The summed E-state index contributed by atoms with van der Waals surface area (Å²) < 4.78 is 13.8. The Hall–Kier alpha value is -2.56. The molecule has 2 aliphatic rings. The molecule has 1 aromatic carbocycles. The van der Waals surface area contributed by atoms with Crippen LogP contribution in [0, 0.1) is 11.8 Å². The number of carbonyl (C=O) groups is 1. The smallest absolute Gasteiger partial charge is 0.306 e. The van der Waals surface area contributed by atoms with Crippen molar-refractivity contribution in [1.29, 1.82) is 0 Å². The summed E-state index contributed by atoms with van der Waals surface area (Å²) in [5.74, 6) is 1.54. The van der Waals surface area contributed by atoms with E-state index in [1.807, 2.05) is 32.0 Å². The van der Waals surface area contributed by atoms with Gasteiger partial charge in [0.1, 0.15) is 11.9 Å². The fraction of sp³-hybridized carbons (Fsp3) is 0.429. The molecular weight excluding hydrogens is 328 g/mol. The molecule has 0 amide bonds. The van der Waals surface area contributed by atoms with Crippen LogP contribution in [0.15, 0.2) is 30.5 Å². The Morgan fingerprint density at radius 2 is 2.12 bits per heavy atom. The minimum Gasteiger partial charge on any atom is -0.492 e. The normalized spacial score (nSPS) is 25.0. The van der Waals surface area contributed by atoms with Crippen molar-refractivity contribution in [2.75, 3.05) is 6.61 Å². The van der Waals surface area contributed by atoms with Crippen molar-refractivity contribution in [3.05, 3.63) is 36.2 Å². The third kappa shape index (κ3) is 2.23. The highest BCUT2D eigenvalue weighted by Gasteiger charge is 2.40. The molecule has 0 spiro atoms. The number of rotatable bonds is 2. The van der Waals surface area contributed by atoms with Gasteiger partial charge in [-0.2, -0.15) is 0 Å². The molecule has 2 aromatic heterocycles. The first kappa shape index (κ1) is 15.7. The van der Waals surface area contributed by atoms with Crippen LogP contribution in [-0.4, -0.2) is 28.2 Å². The van der Waals surface area contributed by atoms with Crippen LogP contribution >= 0.6 is 0 Å². The molecule has 0 unspecified atom stereocenters. The van der Waals surface area contributed by atoms with Gasteiger partial charge in [-0.3, -0.25) is 4.79 Å². The zero-order chi connectivity index (χ0) is 17.8. The lowest BCUT2D eigenvalue weighted by atomic mass is 9.78. The average Bonchev–Trinajstić information content (AvgIpc) is 2.98. The molecular formula is C21H22N2O3. The van der Waals surface area contributed by atoms with Crippen LogP contribution in [0.4, 0.5) is 0 Å². The van der Waals surface area contributed by atoms with Crippen molar-refractivity contribution in [3.63, 3.8) is 0 Å². The Labute approximate surface area is 151 Å². The topological polar surface area (TPSA) is 53.4 Å². The molecule has 5 heteroatoms. The number of carbonyl (C=O) groups excluding carboxylic acids is 1. The van der Waals surface area contributed by atoms with Gasteiger partial charge in [-0.05, 0) is 38.3 Å². The van der Waals surface area contributed by atoms with Gasteiger partial charge in [-0.15, -0.1) is 0 Å². The van der Waals surface area contributed by atoms with Crippen molar-refractivity contribution in [2.45, 2.75) is 39.3 Å². The zero-order valence-corrected chi connectivity index (χ0v) is 15.1. The number of benzene rings is 1. The first-order valence-electron chi connectivity index (χ1n) is 9.38. The van der Waals surface area contributed by atoms with Crippen LogP contribution in [0.3, 0.4) is 0 Å². The number of nitrogens with zero attached hydrogens (tertiary/aromatic N) is 2. The van der Waals surface area contributed by atoms with E-state index in [2.05, 4.69) is 16.8 Å². The molecule has 4 heterocycles. The number of aromatic nitrogens is 2. The van der Waals surface area contributed by atoms with Gasteiger partial charge < -0.3 is 14.0 Å². The minimum atomic E-state index is -0.0727. The summed E-state index contributed by atoms with van der Waals surface area (Å²) in [6.07, 6.45) is 3.52. The van der Waals surface area contributed by atoms with Gasteiger partial charge in [0.15, 0.2) is 0 Å².